The molecule has 5 heteroatoms. The number of nitrogens with two attached hydrogens (primary N) is 1. The predicted octanol–water partition coefficient (Wildman–Crippen LogP) is 3.79. The third-order valence-corrected chi connectivity index (χ3v) is 4.60. The molecule has 0 aromatic heterocycles. The van der Waals surface area contributed by atoms with Crippen LogP contribution in [0.2, 0.25) is 0 Å². The number of nitrogens with zero attached hydrogens (tertiary/aromatic N) is 1. The Labute approximate surface area is 139 Å². The average Bonchev–Trinajstić information content (AvgIpc) is 2.78. The molecular weight excluding hydrogens is 290 g/mol. The Balaban J connectivity index is 1.99. The molecule has 0 unspecified atom stereocenters. The fraction of sp³-hybridized carbons (Fsp3) is 0.611. The van der Waals surface area contributed by atoms with Crippen molar-refractivity contribution < 1.29 is 9.47 Å². The SMILES string of the molecule is COc1ccc(NC(N)=NCC2(C)CCCCCC2)cc1OC. The van der Waals surface area contributed by atoms with Crippen molar-refractivity contribution in [3.8, 4) is 11.5 Å². The molecule has 0 saturated heterocycles. The zero-order valence-electron chi connectivity index (χ0n) is 14.5. The van der Waals surface area contributed by atoms with E-state index in [1.807, 2.05) is 18.2 Å². The van der Waals surface area contributed by atoms with Crippen LogP contribution in [0.25, 0.3) is 0 Å². The lowest BCUT2D eigenvalue weighted by Crippen LogP contribution is -2.27. The van der Waals surface area contributed by atoms with Crippen LogP contribution in [0.4, 0.5) is 5.69 Å². The largest absolute Gasteiger partial charge is 0.493 e. The molecule has 23 heavy (non-hydrogen) atoms. The van der Waals surface area contributed by atoms with Gasteiger partial charge in [-0.2, -0.15) is 0 Å². The lowest BCUT2D eigenvalue weighted by Gasteiger charge is -2.26. The molecule has 2 rings (SSSR count). The summed E-state index contributed by atoms with van der Waals surface area (Å²) in [4.78, 5) is 4.57. The number of hydrogen-bond acceptors (Lipinski definition) is 3. The van der Waals surface area contributed by atoms with Crippen molar-refractivity contribution in [3.63, 3.8) is 0 Å². The summed E-state index contributed by atoms with van der Waals surface area (Å²) in [6.07, 6.45) is 7.77. The molecule has 1 aliphatic carbocycles. The minimum atomic E-state index is 0.278. The summed E-state index contributed by atoms with van der Waals surface area (Å²) in [6.45, 7) is 3.10. The van der Waals surface area contributed by atoms with Gasteiger partial charge in [0.05, 0.1) is 14.2 Å². The van der Waals surface area contributed by atoms with Gasteiger partial charge in [-0.3, -0.25) is 4.99 Å². The molecule has 1 fully saturated rings. The Morgan fingerprint density at radius 2 is 1.78 bits per heavy atom. The summed E-state index contributed by atoms with van der Waals surface area (Å²) < 4.78 is 10.5. The van der Waals surface area contributed by atoms with Crippen LogP contribution in [0.3, 0.4) is 0 Å². The van der Waals surface area contributed by atoms with Gasteiger partial charge in [0.1, 0.15) is 0 Å². The normalized spacial score (nSPS) is 18.1. The minimum Gasteiger partial charge on any atom is -0.493 e. The van der Waals surface area contributed by atoms with Gasteiger partial charge < -0.3 is 20.5 Å². The Morgan fingerprint density at radius 1 is 1.13 bits per heavy atom. The van der Waals surface area contributed by atoms with Gasteiger partial charge in [0.2, 0.25) is 0 Å². The lowest BCUT2D eigenvalue weighted by atomic mass is 9.83. The van der Waals surface area contributed by atoms with Crippen LogP contribution in [0.5, 0.6) is 11.5 Å². The molecule has 1 aromatic carbocycles. The maximum atomic E-state index is 6.05. The molecule has 5 nitrogen and oxygen atoms in total. The Bertz CT molecular complexity index is 535. The van der Waals surface area contributed by atoms with E-state index in [0.717, 1.165) is 12.2 Å². The maximum Gasteiger partial charge on any atom is 0.193 e. The summed E-state index contributed by atoms with van der Waals surface area (Å²) >= 11 is 0. The van der Waals surface area contributed by atoms with E-state index in [9.17, 15) is 0 Å². The molecule has 0 atom stereocenters. The number of nitrogens with one attached hydrogen (secondary N) is 1. The molecule has 0 radical (unpaired) electrons. The first kappa shape index (κ1) is 17.4. The summed E-state index contributed by atoms with van der Waals surface area (Å²) in [5.74, 6) is 1.81. The van der Waals surface area contributed by atoms with Crippen molar-refractivity contribution in [1.82, 2.24) is 0 Å². The number of guanidine groups is 1. The van der Waals surface area contributed by atoms with Gasteiger partial charge in [0, 0.05) is 18.3 Å². The fourth-order valence-corrected chi connectivity index (χ4v) is 3.12. The van der Waals surface area contributed by atoms with Crippen LogP contribution in [-0.4, -0.2) is 26.7 Å². The number of rotatable bonds is 5. The van der Waals surface area contributed by atoms with Crippen LogP contribution in [-0.2, 0) is 0 Å². The van der Waals surface area contributed by atoms with Gasteiger partial charge >= 0.3 is 0 Å². The molecule has 1 aromatic rings. The second-order valence-corrected chi connectivity index (χ2v) is 6.62. The highest BCUT2D eigenvalue weighted by molar-refractivity contribution is 5.92. The zero-order chi connectivity index (χ0) is 16.7. The van der Waals surface area contributed by atoms with Crippen molar-refractivity contribution in [2.75, 3.05) is 26.1 Å². The second kappa shape index (κ2) is 8.09. The zero-order valence-corrected chi connectivity index (χ0v) is 14.5. The van der Waals surface area contributed by atoms with Gasteiger partial charge in [0.25, 0.3) is 0 Å². The van der Waals surface area contributed by atoms with Gasteiger partial charge in [-0.25, -0.2) is 0 Å². The lowest BCUT2D eigenvalue weighted by molar-refractivity contribution is 0.290. The van der Waals surface area contributed by atoms with E-state index >= 15 is 0 Å². The van der Waals surface area contributed by atoms with Crippen LogP contribution < -0.4 is 20.5 Å². The number of ether oxygens (including phenoxy) is 2. The van der Waals surface area contributed by atoms with E-state index in [1.165, 1.54) is 38.5 Å². The summed E-state index contributed by atoms with van der Waals surface area (Å²) in [5.41, 5.74) is 7.17. The van der Waals surface area contributed by atoms with Gasteiger partial charge in [0.15, 0.2) is 17.5 Å². The van der Waals surface area contributed by atoms with Crippen molar-refractivity contribution in [2.45, 2.75) is 45.4 Å². The average molecular weight is 319 g/mol. The highest BCUT2D eigenvalue weighted by Crippen LogP contribution is 2.34. The fourth-order valence-electron chi connectivity index (χ4n) is 3.12. The van der Waals surface area contributed by atoms with E-state index in [2.05, 4.69) is 17.2 Å². The summed E-state index contributed by atoms with van der Waals surface area (Å²) in [7, 11) is 3.24. The molecule has 1 saturated carbocycles. The Morgan fingerprint density at radius 3 is 2.39 bits per heavy atom. The number of methoxy groups -OCH3 is 2. The maximum absolute atomic E-state index is 6.05. The molecule has 1 aliphatic rings. The van der Waals surface area contributed by atoms with E-state index in [4.69, 9.17) is 15.2 Å². The minimum absolute atomic E-state index is 0.278. The van der Waals surface area contributed by atoms with E-state index in [1.54, 1.807) is 14.2 Å². The first-order valence-corrected chi connectivity index (χ1v) is 8.35. The molecule has 0 amide bonds. The van der Waals surface area contributed by atoms with E-state index in [0.29, 0.717) is 17.5 Å². The van der Waals surface area contributed by atoms with Crippen LogP contribution >= 0.6 is 0 Å². The Hall–Kier alpha value is -1.91. The van der Waals surface area contributed by atoms with Crippen LogP contribution in [0.15, 0.2) is 23.2 Å². The van der Waals surface area contributed by atoms with Gasteiger partial charge in [-0.15, -0.1) is 0 Å². The highest BCUT2D eigenvalue weighted by Gasteiger charge is 2.25. The number of hydrogen-bond donors (Lipinski definition) is 2. The molecule has 0 aliphatic heterocycles. The molecule has 0 heterocycles. The van der Waals surface area contributed by atoms with Crippen molar-refractivity contribution >= 4 is 11.6 Å². The van der Waals surface area contributed by atoms with Crippen LogP contribution in [0.1, 0.15) is 45.4 Å². The monoisotopic (exact) mass is 319 g/mol. The molecular formula is C18H29N3O2. The molecule has 3 N–H and O–H groups in total. The topological polar surface area (TPSA) is 68.9 Å². The third-order valence-electron chi connectivity index (χ3n) is 4.60. The van der Waals surface area contributed by atoms with E-state index < -0.39 is 0 Å². The smallest absolute Gasteiger partial charge is 0.193 e. The van der Waals surface area contributed by atoms with Crippen LogP contribution in [0, 0.1) is 5.41 Å². The quantitative estimate of drug-likeness (QED) is 0.492. The van der Waals surface area contributed by atoms with Crippen molar-refractivity contribution in [2.24, 2.45) is 16.1 Å². The second-order valence-electron chi connectivity index (χ2n) is 6.62. The molecule has 0 spiro atoms. The standard InChI is InChI=1S/C18H29N3O2/c1-18(10-6-4-5-7-11-18)13-20-17(19)21-14-8-9-15(22-2)16(12-14)23-3/h8-9,12H,4-7,10-11,13H2,1-3H3,(H3,19,20,21). The molecule has 0 bridgehead atoms. The van der Waals surface area contributed by atoms with E-state index in [-0.39, 0.29) is 5.41 Å². The first-order chi connectivity index (χ1) is 11.1. The first-order valence-electron chi connectivity index (χ1n) is 8.35. The number of aliphatic imine (C=N–C) groups is 1. The molecule has 128 valence electrons. The Kier molecular flexibility index (Phi) is 6.13. The van der Waals surface area contributed by atoms with Gasteiger partial charge in [-0.1, -0.05) is 32.6 Å². The highest BCUT2D eigenvalue weighted by atomic mass is 16.5. The van der Waals surface area contributed by atoms with Crippen molar-refractivity contribution in [3.05, 3.63) is 18.2 Å². The van der Waals surface area contributed by atoms with Gasteiger partial charge in [-0.05, 0) is 30.4 Å². The predicted molar refractivity (Wildman–Crippen MR) is 95.5 cm³/mol. The summed E-state index contributed by atoms with van der Waals surface area (Å²) in [6, 6.07) is 5.60. The number of benzene rings is 1. The van der Waals surface area contributed by atoms with Crippen molar-refractivity contribution in [1.29, 1.82) is 0 Å². The third kappa shape index (κ3) is 5.05. The number of anilines is 1. The summed E-state index contributed by atoms with van der Waals surface area (Å²) in [5, 5.41) is 3.13.